The van der Waals surface area contributed by atoms with E-state index in [9.17, 15) is 0 Å². The lowest BCUT2D eigenvalue weighted by atomic mass is 9.69. The van der Waals surface area contributed by atoms with Gasteiger partial charge in [0.05, 0.1) is 4.90 Å². The van der Waals surface area contributed by atoms with Gasteiger partial charge in [-0.05, 0) is 44.4 Å². The first-order valence-corrected chi connectivity index (χ1v) is 8.09. The van der Waals surface area contributed by atoms with Crippen LogP contribution in [0.15, 0.2) is 23.1 Å². The smallest absolute Gasteiger partial charge is 0.153 e. The minimum atomic E-state index is -0.136. The van der Waals surface area contributed by atoms with Crippen LogP contribution in [-0.4, -0.2) is 11.5 Å². The minimum absolute atomic E-state index is 0.136. The molecular formula is C16H23NOS. The molecule has 2 aliphatic rings. The van der Waals surface area contributed by atoms with Gasteiger partial charge in [-0.1, -0.05) is 37.1 Å². The van der Waals surface area contributed by atoms with Gasteiger partial charge in [-0.3, -0.25) is 0 Å². The Hall–Kier alpha value is -0.670. The average molecular weight is 277 g/mol. The van der Waals surface area contributed by atoms with Crippen molar-refractivity contribution in [3.05, 3.63) is 23.8 Å². The van der Waals surface area contributed by atoms with Crippen LogP contribution >= 0.6 is 11.8 Å². The number of rotatable bonds is 2. The van der Waals surface area contributed by atoms with Gasteiger partial charge in [-0.25, -0.2) is 0 Å². The number of thioether (sulfide) groups is 1. The van der Waals surface area contributed by atoms with Crippen LogP contribution in [0.4, 0.5) is 0 Å². The highest BCUT2D eigenvalue weighted by molar-refractivity contribution is 8.00. The van der Waals surface area contributed by atoms with Crippen LogP contribution in [0.1, 0.15) is 51.5 Å². The highest BCUT2D eigenvalue weighted by Crippen LogP contribution is 2.49. The molecule has 1 saturated carbocycles. The van der Waals surface area contributed by atoms with E-state index in [2.05, 4.69) is 32.0 Å². The number of nitrogens with two attached hydrogens (primary N) is 1. The SMILES string of the molecule is CC1(C)Oc2cc(C3(CN)CCCCC3)ccc2S1. The van der Waals surface area contributed by atoms with Crippen LogP contribution in [-0.2, 0) is 5.41 Å². The molecule has 0 unspecified atom stereocenters. The Labute approximate surface area is 120 Å². The first-order chi connectivity index (χ1) is 9.05. The van der Waals surface area contributed by atoms with Crippen molar-refractivity contribution >= 4 is 11.8 Å². The average Bonchev–Trinajstić information content (AvgIpc) is 2.72. The Morgan fingerprint density at radius 2 is 1.95 bits per heavy atom. The third-order valence-electron chi connectivity index (χ3n) is 4.47. The molecule has 1 fully saturated rings. The Morgan fingerprint density at radius 3 is 2.63 bits per heavy atom. The van der Waals surface area contributed by atoms with Crippen LogP contribution < -0.4 is 10.5 Å². The predicted molar refractivity (Wildman–Crippen MR) is 80.8 cm³/mol. The second kappa shape index (κ2) is 4.71. The van der Waals surface area contributed by atoms with Gasteiger partial charge in [-0.15, -0.1) is 0 Å². The van der Waals surface area contributed by atoms with E-state index < -0.39 is 0 Å². The van der Waals surface area contributed by atoms with Crippen LogP contribution in [0.3, 0.4) is 0 Å². The molecule has 0 bridgehead atoms. The van der Waals surface area contributed by atoms with Crippen molar-refractivity contribution in [2.75, 3.05) is 6.54 Å². The quantitative estimate of drug-likeness (QED) is 0.885. The standard InChI is InChI=1S/C16H23NOS/c1-15(2)18-13-10-12(6-7-14(13)19-15)16(11-17)8-4-3-5-9-16/h6-7,10H,3-5,8-9,11,17H2,1-2H3. The zero-order valence-electron chi connectivity index (χ0n) is 11.9. The fourth-order valence-corrected chi connectivity index (χ4v) is 4.39. The van der Waals surface area contributed by atoms with Gasteiger partial charge in [0.1, 0.15) is 5.75 Å². The van der Waals surface area contributed by atoms with E-state index in [0.717, 1.165) is 12.3 Å². The van der Waals surface area contributed by atoms with Crippen molar-refractivity contribution in [3.8, 4) is 5.75 Å². The number of hydrogen-bond acceptors (Lipinski definition) is 3. The fourth-order valence-electron chi connectivity index (χ4n) is 3.39. The highest BCUT2D eigenvalue weighted by atomic mass is 32.2. The molecule has 1 aliphatic heterocycles. The summed E-state index contributed by atoms with van der Waals surface area (Å²) in [6.07, 6.45) is 6.40. The van der Waals surface area contributed by atoms with Crippen LogP contribution in [0.2, 0.25) is 0 Å². The Balaban J connectivity index is 1.94. The summed E-state index contributed by atoms with van der Waals surface area (Å²) < 4.78 is 6.04. The molecule has 0 radical (unpaired) electrons. The number of benzene rings is 1. The van der Waals surface area contributed by atoms with Crippen molar-refractivity contribution in [2.24, 2.45) is 5.73 Å². The third-order valence-corrected chi connectivity index (χ3v) is 5.60. The van der Waals surface area contributed by atoms with Crippen molar-refractivity contribution in [1.82, 2.24) is 0 Å². The highest BCUT2D eigenvalue weighted by Gasteiger charge is 2.36. The second-order valence-corrected chi connectivity index (χ2v) is 7.94. The molecular weight excluding hydrogens is 254 g/mol. The lowest BCUT2D eigenvalue weighted by molar-refractivity contribution is 0.213. The molecule has 0 aromatic heterocycles. The molecule has 2 nitrogen and oxygen atoms in total. The summed E-state index contributed by atoms with van der Waals surface area (Å²) in [5.74, 6) is 1.05. The van der Waals surface area contributed by atoms with Gasteiger partial charge in [0.25, 0.3) is 0 Å². The van der Waals surface area contributed by atoms with Crippen molar-refractivity contribution in [1.29, 1.82) is 0 Å². The van der Waals surface area contributed by atoms with E-state index in [1.165, 1.54) is 42.6 Å². The number of fused-ring (bicyclic) bond motifs is 1. The van der Waals surface area contributed by atoms with Gasteiger partial charge in [-0.2, -0.15) is 0 Å². The summed E-state index contributed by atoms with van der Waals surface area (Å²) in [7, 11) is 0. The van der Waals surface area contributed by atoms with E-state index >= 15 is 0 Å². The molecule has 1 aromatic rings. The summed E-state index contributed by atoms with van der Waals surface area (Å²) in [4.78, 5) is 1.13. The minimum Gasteiger partial charge on any atom is -0.476 e. The van der Waals surface area contributed by atoms with Gasteiger partial charge < -0.3 is 10.5 Å². The molecule has 1 aromatic carbocycles. The third kappa shape index (κ3) is 2.38. The first-order valence-electron chi connectivity index (χ1n) is 7.27. The summed E-state index contributed by atoms with van der Waals surface area (Å²) in [5.41, 5.74) is 7.69. The molecule has 0 spiro atoms. The zero-order chi connectivity index (χ0) is 13.5. The second-order valence-electron chi connectivity index (χ2n) is 6.31. The van der Waals surface area contributed by atoms with Gasteiger partial charge in [0, 0.05) is 12.0 Å². The monoisotopic (exact) mass is 277 g/mol. The van der Waals surface area contributed by atoms with Crippen LogP contribution in [0, 0.1) is 0 Å². The molecule has 3 heteroatoms. The lowest BCUT2D eigenvalue weighted by Gasteiger charge is -2.37. The molecule has 0 amide bonds. The molecule has 2 N–H and O–H groups in total. The molecule has 0 saturated heterocycles. The number of ether oxygens (including phenoxy) is 1. The van der Waals surface area contributed by atoms with E-state index in [1.54, 1.807) is 11.8 Å². The lowest BCUT2D eigenvalue weighted by Crippen LogP contribution is -2.37. The fraction of sp³-hybridized carbons (Fsp3) is 0.625. The van der Waals surface area contributed by atoms with E-state index in [0.29, 0.717) is 0 Å². The van der Waals surface area contributed by atoms with E-state index in [-0.39, 0.29) is 10.3 Å². The Morgan fingerprint density at radius 1 is 1.21 bits per heavy atom. The number of hydrogen-bond donors (Lipinski definition) is 1. The van der Waals surface area contributed by atoms with Gasteiger partial charge in [0.2, 0.25) is 0 Å². The first kappa shape index (κ1) is 13.3. The van der Waals surface area contributed by atoms with Crippen LogP contribution in [0.25, 0.3) is 0 Å². The summed E-state index contributed by atoms with van der Waals surface area (Å²) in [6, 6.07) is 6.74. The maximum atomic E-state index is 6.12. The Bertz CT molecular complexity index is 478. The molecule has 3 rings (SSSR count). The van der Waals surface area contributed by atoms with E-state index in [4.69, 9.17) is 10.5 Å². The molecule has 1 aliphatic carbocycles. The summed E-state index contributed by atoms with van der Waals surface area (Å²) >= 11 is 1.80. The molecule has 1 heterocycles. The van der Waals surface area contributed by atoms with Crippen LogP contribution in [0.5, 0.6) is 5.75 Å². The molecule has 0 atom stereocenters. The van der Waals surface area contributed by atoms with Gasteiger partial charge >= 0.3 is 0 Å². The summed E-state index contributed by atoms with van der Waals surface area (Å²) in [6.45, 7) is 5.00. The Kier molecular flexibility index (Phi) is 3.30. The van der Waals surface area contributed by atoms with Crippen molar-refractivity contribution in [2.45, 2.75) is 61.2 Å². The largest absolute Gasteiger partial charge is 0.476 e. The topological polar surface area (TPSA) is 35.2 Å². The zero-order valence-corrected chi connectivity index (χ0v) is 12.7. The normalized spacial score (nSPS) is 23.7. The van der Waals surface area contributed by atoms with Gasteiger partial charge in [0.15, 0.2) is 4.93 Å². The molecule has 19 heavy (non-hydrogen) atoms. The summed E-state index contributed by atoms with van der Waals surface area (Å²) in [5, 5.41) is 0. The van der Waals surface area contributed by atoms with Crippen molar-refractivity contribution in [3.63, 3.8) is 0 Å². The van der Waals surface area contributed by atoms with Crippen molar-refractivity contribution < 1.29 is 4.74 Å². The maximum absolute atomic E-state index is 6.12. The molecule has 104 valence electrons. The predicted octanol–water partition coefficient (Wildman–Crippen LogP) is 4.07. The maximum Gasteiger partial charge on any atom is 0.153 e. The van der Waals surface area contributed by atoms with E-state index in [1.807, 2.05) is 0 Å².